The van der Waals surface area contributed by atoms with Crippen LogP contribution >= 0.6 is 11.6 Å². The number of hydrogen-bond acceptors (Lipinski definition) is 1. The summed E-state index contributed by atoms with van der Waals surface area (Å²) in [5.41, 5.74) is 0.798. The van der Waals surface area contributed by atoms with Crippen molar-refractivity contribution >= 4 is 11.6 Å². The summed E-state index contributed by atoms with van der Waals surface area (Å²) in [6.45, 7) is 6.69. The molecule has 2 rings (SSSR count). The van der Waals surface area contributed by atoms with Crippen LogP contribution in [0.4, 0.5) is 4.39 Å². The number of hydrogen-bond donors (Lipinski definition) is 1. The first-order valence-electron chi connectivity index (χ1n) is 7.49. The molecule has 1 fully saturated rings. The average molecular weight is 298 g/mol. The van der Waals surface area contributed by atoms with Gasteiger partial charge in [-0.25, -0.2) is 4.39 Å². The van der Waals surface area contributed by atoms with E-state index in [0.29, 0.717) is 17.0 Å². The third-order valence-corrected chi connectivity index (χ3v) is 5.36. The van der Waals surface area contributed by atoms with Crippen LogP contribution in [-0.2, 0) is 5.41 Å². The van der Waals surface area contributed by atoms with Gasteiger partial charge in [-0.2, -0.15) is 0 Å². The summed E-state index contributed by atoms with van der Waals surface area (Å²) >= 11 is 6.33. The lowest BCUT2D eigenvalue weighted by atomic mass is 9.63. The van der Waals surface area contributed by atoms with Gasteiger partial charge in [-0.1, -0.05) is 38.8 Å². The van der Waals surface area contributed by atoms with Crippen molar-refractivity contribution in [3.05, 3.63) is 34.6 Å². The summed E-state index contributed by atoms with van der Waals surface area (Å²) in [7, 11) is 2.03. The van der Waals surface area contributed by atoms with E-state index < -0.39 is 0 Å². The van der Waals surface area contributed by atoms with Crippen molar-refractivity contribution in [3.63, 3.8) is 0 Å². The van der Waals surface area contributed by atoms with Gasteiger partial charge in [0.2, 0.25) is 0 Å². The summed E-state index contributed by atoms with van der Waals surface area (Å²) in [6, 6.07) is 5.18. The molecule has 0 radical (unpaired) electrons. The van der Waals surface area contributed by atoms with E-state index in [2.05, 4.69) is 26.1 Å². The lowest BCUT2D eigenvalue weighted by Gasteiger charge is -2.45. The lowest BCUT2D eigenvalue weighted by molar-refractivity contribution is 0.151. The third-order valence-electron chi connectivity index (χ3n) is 5.03. The number of nitrogens with one attached hydrogen (secondary N) is 1. The minimum atomic E-state index is -0.206. The fraction of sp³-hybridized carbons (Fsp3) is 0.647. The highest BCUT2D eigenvalue weighted by molar-refractivity contribution is 6.31. The molecule has 0 aliphatic heterocycles. The van der Waals surface area contributed by atoms with Gasteiger partial charge in [0, 0.05) is 11.1 Å². The maximum absolute atomic E-state index is 13.6. The van der Waals surface area contributed by atoms with Gasteiger partial charge in [0.05, 0.1) is 0 Å². The van der Waals surface area contributed by atoms with Crippen LogP contribution in [0.3, 0.4) is 0 Å². The molecule has 1 saturated carbocycles. The van der Waals surface area contributed by atoms with E-state index in [4.69, 9.17) is 11.6 Å². The van der Waals surface area contributed by atoms with Crippen molar-refractivity contribution in [1.29, 1.82) is 0 Å². The van der Waals surface area contributed by atoms with Gasteiger partial charge < -0.3 is 5.32 Å². The highest BCUT2D eigenvalue weighted by atomic mass is 35.5. The minimum Gasteiger partial charge on any atom is -0.317 e. The molecule has 20 heavy (non-hydrogen) atoms. The van der Waals surface area contributed by atoms with Crippen molar-refractivity contribution < 1.29 is 4.39 Å². The highest BCUT2D eigenvalue weighted by Crippen LogP contribution is 2.44. The van der Waals surface area contributed by atoms with Crippen LogP contribution < -0.4 is 5.32 Å². The molecule has 3 unspecified atom stereocenters. The number of halogens is 2. The Hall–Kier alpha value is -0.600. The largest absolute Gasteiger partial charge is 0.317 e. The van der Waals surface area contributed by atoms with Gasteiger partial charge in [0.1, 0.15) is 5.82 Å². The molecule has 0 spiro atoms. The first-order chi connectivity index (χ1) is 9.36. The molecule has 1 aliphatic carbocycles. The zero-order valence-electron chi connectivity index (χ0n) is 12.8. The predicted molar refractivity (Wildman–Crippen MR) is 83.8 cm³/mol. The Morgan fingerprint density at radius 2 is 2.00 bits per heavy atom. The van der Waals surface area contributed by atoms with E-state index in [-0.39, 0.29) is 11.2 Å². The lowest BCUT2D eigenvalue weighted by Crippen LogP contribution is -2.47. The van der Waals surface area contributed by atoms with Crippen LogP contribution in [-0.4, -0.2) is 13.1 Å². The van der Waals surface area contributed by atoms with Crippen LogP contribution in [0.15, 0.2) is 18.2 Å². The molecule has 0 amide bonds. The molecule has 1 N–H and O–H groups in total. The standard InChI is InChI=1S/C17H25ClFN/c1-11-5-7-13(16(9-11)20-4)17(2,3)14-10-12(19)6-8-15(14)18/h6,8,10-11,13,16,20H,5,7,9H2,1-4H3. The average Bonchev–Trinajstić information content (AvgIpc) is 2.40. The third kappa shape index (κ3) is 3.01. The zero-order chi connectivity index (χ0) is 14.9. The maximum atomic E-state index is 13.6. The van der Waals surface area contributed by atoms with E-state index in [9.17, 15) is 4.39 Å². The number of benzene rings is 1. The van der Waals surface area contributed by atoms with Crippen LogP contribution in [0.2, 0.25) is 5.02 Å². The molecular formula is C17H25ClFN. The predicted octanol–water partition coefficient (Wildman–Crippen LogP) is 4.78. The molecule has 0 heterocycles. The molecule has 1 aliphatic rings. The molecule has 0 aromatic heterocycles. The van der Waals surface area contributed by atoms with Crippen molar-refractivity contribution in [2.75, 3.05) is 7.05 Å². The van der Waals surface area contributed by atoms with Gasteiger partial charge in [-0.05, 0) is 60.9 Å². The van der Waals surface area contributed by atoms with E-state index in [1.165, 1.54) is 18.9 Å². The van der Waals surface area contributed by atoms with Gasteiger partial charge in [0.15, 0.2) is 0 Å². The van der Waals surface area contributed by atoms with E-state index >= 15 is 0 Å². The van der Waals surface area contributed by atoms with Gasteiger partial charge in [-0.15, -0.1) is 0 Å². The fourth-order valence-electron chi connectivity index (χ4n) is 3.75. The summed E-state index contributed by atoms with van der Waals surface area (Å²) in [5.74, 6) is 1.02. The molecular weight excluding hydrogens is 273 g/mol. The van der Waals surface area contributed by atoms with Crippen molar-refractivity contribution in [3.8, 4) is 0 Å². The highest BCUT2D eigenvalue weighted by Gasteiger charge is 2.40. The summed E-state index contributed by atoms with van der Waals surface area (Å²) in [4.78, 5) is 0. The van der Waals surface area contributed by atoms with Crippen molar-refractivity contribution in [2.45, 2.75) is 51.5 Å². The summed E-state index contributed by atoms with van der Waals surface area (Å²) < 4.78 is 13.6. The number of rotatable bonds is 3. The minimum absolute atomic E-state index is 0.132. The Morgan fingerprint density at radius 3 is 2.65 bits per heavy atom. The summed E-state index contributed by atoms with van der Waals surface area (Å²) in [5, 5.41) is 4.13. The first kappa shape index (κ1) is 15.8. The smallest absolute Gasteiger partial charge is 0.123 e. The van der Waals surface area contributed by atoms with E-state index in [1.54, 1.807) is 12.1 Å². The molecule has 3 atom stereocenters. The van der Waals surface area contributed by atoms with Crippen LogP contribution in [0.5, 0.6) is 0 Å². The van der Waals surface area contributed by atoms with Gasteiger partial charge >= 0.3 is 0 Å². The monoisotopic (exact) mass is 297 g/mol. The second kappa shape index (κ2) is 6.03. The van der Waals surface area contributed by atoms with Crippen LogP contribution in [0.25, 0.3) is 0 Å². The van der Waals surface area contributed by atoms with E-state index in [0.717, 1.165) is 17.9 Å². The molecule has 1 aromatic carbocycles. The van der Waals surface area contributed by atoms with Crippen LogP contribution in [0, 0.1) is 17.7 Å². The Labute approximate surface area is 126 Å². The second-order valence-electron chi connectivity index (χ2n) is 6.77. The Bertz CT molecular complexity index is 472. The second-order valence-corrected chi connectivity index (χ2v) is 7.17. The summed E-state index contributed by atoms with van der Waals surface area (Å²) in [6.07, 6.45) is 3.57. The molecule has 112 valence electrons. The molecule has 1 aromatic rings. The first-order valence-corrected chi connectivity index (χ1v) is 7.86. The molecule has 0 saturated heterocycles. The van der Waals surface area contributed by atoms with Gasteiger partial charge in [0.25, 0.3) is 0 Å². The Balaban J connectivity index is 2.35. The fourth-order valence-corrected chi connectivity index (χ4v) is 4.12. The molecule has 3 heteroatoms. The van der Waals surface area contributed by atoms with Crippen LogP contribution in [0.1, 0.15) is 45.6 Å². The maximum Gasteiger partial charge on any atom is 0.123 e. The van der Waals surface area contributed by atoms with Gasteiger partial charge in [-0.3, -0.25) is 0 Å². The molecule has 0 bridgehead atoms. The normalized spacial score (nSPS) is 27.6. The quantitative estimate of drug-likeness (QED) is 0.846. The SMILES string of the molecule is CNC1CC(C)CCC1C(C)(C)c1cc(F)ccc1Cl. The zero-order valence-corrected chi connectivity index (χ0v) is 13.6. The Morgan fingerprint density at radius 1 is 1.30 bits per heavy atom. The van der Waals surface area contributed by atoms with Crippen molar-refractivity contribution in [1.82, 2.24) is 5.32 Å². The molecule has 1 nitrogen and oxygen atoms in total. The Kier molecular flexibility index (Phi) is 4.76. The van der Waals surface area contributed by atoms with E-state index in [1.807, 2.05) is 7.05 Å². The van der Waals surface area contributed by atoms with Crippen molar-refractivity contribution in [2.24, 2.45) is 11.8 Å². The topological polar surface area (TPSA) is 12.0 Å².